The number of hydrogen-bond acceptors (Lipinski definition) is 5. The van der Waals surface area contributed by atoms with Gasteiger partial charge < -0.3 is 9.84 Å². The number of aromatic nitrogens is 2. The van der Waals surface area contributed by atoms with Crippen LogP contribution in [0.4, 0.5) is 0 Å². The molecule has 1 heterocycles. The van der Waals surface area contributed by atoms with Gasteiger partial charge in [-0.15, -0.1) is 11.8 Å². The first-order valence-electron chi connectivity index (χ1n) is 6.64. The smallest absolute Gasteiger partial charge is 0.340 e. The van der Waals surface area contributed by atoms with Crippen LogP contribution in [0.1, 0.15) is 55.0 Å². The Morgan fingerprint density at radius 1 is 1.35 bits per heavy atom. The van der Waals surface area contributed by atoms with Crippen LogP contribution in [-0.2, 0) is 4.74 Å². The molecule has 1 unspecified atom stereocenters. The number of thioether (sulfide) groups is 1. The molecule has 1 rings (SSSR count). The summed E-state index contributed by atoms with van der Waals surface area (Å²) in [5.74, 6) is -0.113. The molecule has 0 aromatic carbocycles. The van der Waals surface area contributed by atoms with Gasteiger partial charge in [0.1, 0.15) is 16.4 Å². The first-order valence-corrected chi connectivity index (χ1v) is 7.52. The van der Waals surface area contributed by atoms with Gasteiger partial charge in [0.2, 0.25) is 0 Å². The highest BCUT2D eigenvalue weighted by molar-refractivity contribution is 7.99. The second kappa shape index (κ2) is 7.59. The lowest BCUT2D eigenvalue weighted by Crippen LogP contribution is -2.12. The molecule has 1 atom stereocenters. The fourth-order valence-corrected chi connectivity index (χ4v) is 2.78. The summed E-state index contributed by atoms with van der Waals surface area (Å²) in [6, 6.07) is 0. The van der Waals surface area contributed by atoms with E-state index in [2.05, 4.69) is 9.97 Å². The van der Waals surface area contributed by atoms with Crippen molar-refractivity contribution < 1.29 is 14.6 Å². The maximum atomic E-state index is 11.4. The van der Waals surface area contributed by atoms with Crippen molar-refractivity contribution >= 4 is 17.7 Å². The Kier molecular flexibility index (Phi) is 6.42. The molecule has 20 heavy (non-hydrogen) atoms. The first-order chi connectivity index (χ1) is 9.36. The summed E-state index contributed by atoms with van der Waals surface area (Å²) in [5, 5.41) is 10.1. The Labute approximate surface area is 124 Å². The number of aryl methyl sites for hydroxylation is 1. The minimum absolute atomic E-state index is 0.171. The van der Waals surface area contributed by atoms with Crippen LogP contribution in [0.15, 0.2) is 5.03 Å². The minimum atomic E-state index is -0.973. The lowest BCUT2D eigenvalue weighted by Gasteiger charge is -2.15. The average molecular weight is 298 g/mol. The van der Waals surface area contributed by atoms with Crippen molar-refractivity contribution in [2.24, 2.45) is 0 Å². The monoisotopic (exact) mass is 298 g/mol. The van der Waals surface area contributed by atoms with Crippen LogP contribution in [-0.4, -0.2) is 40.0 Å². The number of aromatic carboxylic acids is 1. The molecule has 0 fully saturated rings. The maximum absolute atomic E-state index is 11.4. The van der Waals surface area contributed by atoms with Crippen LogP contribution in [0.25, 0.3) is 0 Å². The van der Waals surface area contributed by atoms with Gasteiger partial charge in [-0.1, -0.05) is 20.8 Å². The normalized spacial score (nSPS) is 12.7. The number of nitrogens with zero attached hydrogens (tertiary/aromatic N) is 2. The van der Waals surface area contributed by atoms with Crippen molar-refractivity contribution in [3.8, 4) is 0 Å². The molecule has 5 nitrogen and oxygen atoms in total. The lowest BCUT2D eigenvalue weighted by molar-refractivity contribution is 0.0690. The van der Waals surface area contributed by atoms with Crippen LogP contribution >= 0.6 is 11.8 Å². The summed E-state index contributed by atoms with van der Waals surface area (Å²) in [4.78, 5) is 20.1. The second-order valence-electron chi connectivity index (χ2n) is 5.02. The van der Waals surface area contributed by atoms with Crippen molar-refractivity contribution in [1.29, 1.82) is 0 Å². The molecule has 112 valence electrons. The first kappa shape index (κ1) is 16.9. The molecule has 0 spiro atoms. The highest BCUT2D eigenvalue weighted by atomic mass is 32.2. The Bertz CT molecular complexity index is 478. The molecule has 1 aromatic rings. The van der Waals surface area contributed by atoms with E-state index in [0.29, 0.717) is 23.2 Å². The summed E-state index contributed by atoms with van der Waals surface area (Å²) in [6.07, 6.45) is 0.848. The van der Waals surface area contributed by atoms with Gasteiger partial charge >= 0.3 is 5.97 Å². The highest BCUT2D eigenvalue weighted by Gasteiger charge is 2.21. The van der Waals surface area contributed by atoms with Gasteiger partial charge in [0, 0.05) is 24.9 Å². The number of carbonyl (C=O) groups is 1. The van der Waals surface area contributed by atoms with Crippen LogP contribution in [0.3, 0.4) is 0 Å². The van der Waals surface area contributed by atoms with Gasteiger partial charge in [-0.2, -0.15) is 0 Å². The number of hydrogen-bond donors (Lipinski definition) is 1. The van der Waals surface area contributed by atoms with Crippen molar-refractivity contribution in [3.63, 3.8) is 0 Å². The molecule has 0 aliphatic carbocycles. The van der Waals surface area contributed by atoms with E-state index in [1.807, 2.05) is 20.8 Å². The van der Waals surface area contributed by atoms with E-state index in [1.165, 1.54) is 11.8 Å². The zero-order chi connectivity index (χ0) is 15.3. The Morgan fingerprint density at radius 3 is 2.50 bits per heavy atom. The quantitative estimate of drug-likeness (QED) is 0.616. The van der Waals surface area contributed by atoms with Gasteiger partial charge in [-0.25, -0.2) is 14.8 Å². The van der Waals surface area contributed by atoms with Crippen LogP contribution in [0, 0.1) is 6.92 Å². The summed E-state index contributed by atoms with van der Waals surface area (Å²) < 4.78 is 5.05. The van der Waals surface area contributed by atoms with Gasteiger partial charge in [0.15, 0.2) is 0 Å². The van der Waals surface area contributed by atoms with Crippen molar-refractivity contribution in [3.05, 3.63) is 17.1 Å². The number of carboxylic acids is 1. The van der Waals surface area contributed by atoms with Gasteiger partial charge in [-0.05, 0) is 13.3 Å². The summed E-state index contributed by atoms with van der Waals surface area (Å²) in [5.41, 5.74) is 0.737. The molecule has 0 amide bonds. The summed E-state index contributed by atoms with van der Waals surface area (Å²) >= 11 is 1.47. The molecule has 1 aromatic heterocycles. The predicted octanol–water partition coefficient (Wildman–Crippen LogP) is 3.12. The molecule has 6 heteroatoms. The largest absolute Gasteiger partial charge is 0.478 e. The van der Waals surface area contributed by atoms with E-state index in [9.17, 15) is 9.90 Å². The van der Waals surface area contributed by atoms with Crippen molar-refractivity contribution in [1.82, 2.24) is 9.97 Å². The number of rotatable bonds is 7. The van der Waals surface area contributed by atoms with Crippen molar-refractivity contribution in [2.75, 3.05) is 13.7 Å². The molecule has 0 aliphatic heterocycles. The van der Waals surface area contributed by atoms with E-state index in [-0.39, 0.29) is 16.7 Å². The Hall–Kier alpha value is -1.14. The van der Waals surface area contributed by atoms with Crippen molar-refractivity contribution in [2.45, 2.75) is 50.3 Å². The third-order valence-electron chi connectivity index (χ3n) is 2.85. The van der Waals surface area contributed by atoms with Crippen LogP contribution in [0.5, 0.6) is 0 Å². The molecular weight excluding hydrogens is 276 g/mol. The Morgan fingerprint density at radius 2 is 2.00 bits per heavy atom. The molecule has 1 N–H and O–H groups in total. The fourth-order valence-electron chi connectivity index (χ4n) is 1.69. The highest BCUT2D eigenvalue weighted by Crippen LogP contribution is 2.29. The maximum Gasteiger partial charge on any atom is 0.340 e. The van der Waals surface area contributed by atoms with Crippen LogP contribution < -0.4 is 0 Å². The minimum Gasteiger partial charge on any atom is -0.478 e. The van der Waals surface area contributed by atoms with E-state index < -0.39 is 5.97 Å². The predicted molar refractivity (Wildman–Crippen MR) is 79.6 cm³/mol. The lowest BCUT2D eigenvalue weighted by atomic mass is 10.2. The molecule has 0 saturated heterocycles. The second-order valence-corrected chi connectivity index (χ2v) is 6.44. The topological polar surface area (TPSA) is 72.3 Å². The van der Waals surface area contributed by atoms with E-state index in [0.717, 1.165) is 6.42 Å². The van der Waals surface area contributed by atoms with Gasteiger partial charge in [-0.3, -0.25) is 0 Å². The fraction of sp³-hybridized carbons (Fsp3) is 0.643. The summed E-state index contributed by atoms with van der Waals surface area (Å²) in [6.45, 7) is 8.41. The number of carboxylic acid groups (broad SMARTS) is 1. The molecule has 0 saturated carbocycles. The van der Waals surface area contributed by atoms with E-state index in [1.54, 1.807) is 14.0 Å². The molecular formula is C14H22N2O3S. The average Bonchev–Trinajstić information content (AvgIpc) is 2.35. The zero-order valence-electron chi connectivity index (χ0n) is 12.6. The van der Waals surface area contributed by atoms with E-state index >= 15 is 0 Å². The number of methoxy groups -OCH3 is 1. The molecule has 0 radical (unpaired) electrons. The third-order valence-corrected chi connectivity index (χ3v) is 4.00. The molecule has 0 bridgehead atoms. The van der Waals surface area contributed by atoms with Gasteiger partial charge in [0.25, 0.3) is 0 Å². The van der Waals surface area contributed by atoms with Crippen LogP contribution in [0.2, 0.25) is 0 Å². The Balaban J connectivity index is 3.10. The van der Waals surface area contributed by atoms with Gasteiger partial charge in [0.05, 0.1) is 5.69 Å². The number of ether oxygens (including phenoxy) is 1. The summed E-state index contributed by atoms with van der Waals surface area (Å²) in [7, 11) is 1.66. The third kappa shape index (κ3) is 4.45. The zero-order valence-corrected chi connectivity index (χ0v) is 13.5. The SMILES string of the molecule is COCCC(C)Sc1nc(C(C)C)nc(C)c1C(=O)O. The standard InChI is InChI=1S/C14H22N2O3S/c1-8(2)12-15-10(4)11(14(17)18)13(16-12)20-9(3)6-7-19-5/h8-9H,6-7H2,1-5H3,(H,17,18). The van der Waals surface area contributed by atoms with E-state index in [4.69, 9.17) is 4.74 Å². The molecule has 0 aliphatic rings.